The smallest absolute Gasteiger partial charge is 0.134 e. The molecule has 2 aromatic rings. The molecule has 2 N–H and O–H groups in total. The number of ether oxygens (including phenoxy) is 2. The van der Waals surface area contributed by atoms with E-state index in [2.05, 4.69) is 9.97 Å². The van der Waals surface area contributed by atoms with E-state index in [1.807, 2.05) is 18.2 Å². The fourth-order valence-electron chi connectivity index (χ4n) is 1.93. The minimum absolute atomic E-state index is 0.145. The second kappa shape index (κ2) is 4.18. The van der Waals surface area contributed by atoms with Gasteiger partial charge < -0.3 is 15.2 Å². The topological polar surface area (TPSA) is 70.3 Å². The molecule has 3 rings (SSSR count). The molecule has 0 saturated carbocycles. The molecule has 1 aliphatic heterocycles. The quantitative estimate of drug-likeness (QED) is 0.845. The average molecular weight is 231 g/mol. The summed E-state index contributed by atoms with van der Waals surface area (Å²) in [5.74, 6) is 1.29. The summed E-state index contributed by atoms with van der Waals surface area (Å²) in [4.78, 5) is 8.12. The predicted octanol–water partition coefficient (Wildman–Crippen LogP) is 1.38. The van der Waals surface area contributed by atoms with Crippen molar-refractivity contribution in [3.63, 3.8) is 0 Å². The van der Waals surface area contributed by atoms with Gasteiger partial charge in [0.2, 0.25) is 0 Å². The van der Waals surface area contributed by atoms with E-state index in [-0.39, 0.29) is 6.10 Å². The van der Waals surface area contributed by atoms with Gasteiger partial charge in [0.05, 0.1) is 18.7 Å². The summed E-state index contributed by atoms with van der Waals surface area (Å²) in [5.41, 5.74) is 6.56. The van der Waals surface area contributed by atoms with Crippen molar-refractivity contribution >= 4 is 16.7 Å². The fraction of sp³-hybridized carbons (Fsp3) is 0.333. The molecule has 0 spiro atoms. The Labute approximate surface area is 98.6 Å². The maximum Gasteiger partial charge on any atom is 0.134 e. The second-order valence-electron chi connectivity index (χ2n) is 4.04. The van der Waals surface area contributed by atoms with Crippen molar-refractivity contribution in [2.24, 2.45) is 0 Å². The van der Waals surface area contributed by atoms with Crippen LogP contribution in [-0.4, -0.2) is 29.3 Å². The Hall–Kier alpha value is -1.88. The first-order valence-electron chi connectivity index (χ1n) is 5.57. The summed E-state index contributed by atoms with van der Waals surface area (Å²) in [6.07, 6.45) is 2.54. The van der Waals surface area contributed by atoms with Gasteiger partial charge in [0, 0.05) is 17.9 Å². The molecule has 1 saturated heterocycles. The van der Waals surface area contributed by atoms with E-state index in [4.69, 9.17) is 15.2 Å². The van der Waals surface area contributed by atoms with Gasteiger partial charge in [0.1, 0.15) is 24.0 Å². The molecule has 1 fully saturated rings. The Kier molecular flexibility index (Phi) is 2.53. The van der Waals surface area contributed by atoms with Gasteiger partial charge in [-0.15, -0.1) is 0 Å². The van der Waals surface area contributed by atoms with Crippen LogP contribution in [0.1, 0.15) is 6.42 Å². The minimum Gasteiger partial charge on any atom is -0.488 e. The molecule has 0 amide bonds. The van der Waals surface area contributed by atoms with Crippen molar-refractivity contribution in [3.05, 3.63) is 24.5 Å². The Balaban J connectivity index is 1.90. The second-order valence-corrected chi connectivity index (χ2v) is 4.04. The Morgan fingerprint density at radius 2 is 2.29 bits per heavy atom. The molecule has 1 unspecified atom stereocenters. The molecule has 0 bridgehead atoms. The van der Waals surface area contributed by atoms with Crippen LogP contribution < -0.4 is 10.5 Å². The van der Waals surface area contributed by atoms with Crippen LogP contribution in [0.5, 0.6) is 5.75 Å². The molecule has 2 heterocycles. The zero-order chi connectivity index (χ0) is 11.7. The summed E-state index contributed by atoms with van der Waals surface area (Å²) < 4.78 is 11.1. The fourth-order valence-corrected chi connectivity index (χ4v) is 1.93. The van der Waals surface area contributed by atoms with Crippen molar-refractivity contribution in [2.75, 3.05) is 18.9 Å². The molecular formula is C12H13N3O2. The first-order valence-corrected chi connectivity index (χ1v) is 5.57. The van der Waals surface area contributed by atoms with Crippen LogP contribution in [0.3, 0.4) is 0 Å². The highest BCUT2D eigenvalue weighted by atomic mass is 16.5. The number of hydrogen-bond acceptors (Lipinski definition) is 5. The summed E-state index contributed by atoms with van der Waals surface area (Å²) in [5, 5.41) is 0.850. The van der Waals surface area contributed by atoms with Crippen LogP contribution >= 0.6 is 0 Å². The molecule has 5 heteroatoms. The lowest BCUT2D eigenvalue weighted by atomic mass is 10.2. The zero-order valence-corrected chi connectivity index (χ0v) is 9.30. The lowest BCUT2D eigenvalue weighted by Crippen LogP contribution is -2.15. The lowest BCUT2D eigenvalue weighted by molar-refractivity contribution is 0.141. The first kappa shape index (κ1) is 10.3. The summed E-state index contributed by atoms with van der Waals surface area (Å²) in [6, 6.07) is 5.65. The molecule has 17 heavy (non-hydrogen) atoms. The van der Waals surface area contributed by atoms with Crippen LogP contribution in [0, 0.1) is 0 Å². The number of nitrogens with zero attached hydrogens (tertiary/aromatic N) is 2. The van der Waals surface area contributed by atoms with Crippen molar-refractivity contribution in [1.82, 2.24) is 9.97 Å². The van der Waals surface area contributed by atoms with Gasteiger partial charge >= 0.3 is 0 Å². The van der Waals surface area contributed by atoms with Gasteiger partial charge in [-0.2, -0.15) is 0 Å². The van der Waals surface area contributed by atoms with E-state index in [1.165, 1.54) is 6.33 Å². The number of hydrogen-bond donors (Lipinski definition) is 1. The van der Waals surface area contributed by atoms with Crippen LogP contribution in [-0.2, 0) is 4.74 Å². The molecule has 1 atom stereocenters. The van der Waals surface area contributed by atoms with E-state index < -0.39 is 0 Å². The van der Waals surface area contributed by atoms with Gasteiger partial charge in [-0.1, -0.05) is 0 Å². The maximum atomic E-state index is 5.80. The molecule has 0 radical (unpaired) electrons. The normalized spacial score (nSPS) is 19.6. The maximum absolute atomic E-state index is 5.80. The summed E-state index contributed by atoms with van der Waals surface area (Å²) in [7, 11) is 0. The average Bonchev–Trinajstić information content (AvgIpc) is 2.82. The van der Waals surface area contributed by atoms with Gasteiger partial charge in [-0.25, -0.2) is 9.97 Å². The Morgan fingerprint density at radius 1 is 1.35 bits per heavy atom. The van der Waals surface area contributed by atoms with Crippen molar-refractivity contribution in [1.29, 1.82) is 0 Å². The van der Waals surface area contributed by atoms with E-state index in [0.29, 0.717) is 12.4 Å². The number of benzene rings is 1. The van der Waals surface area contributed by atoms with Crippen molar-refractivity contribution in [2.45, 2.75) is 12.5 Å². The Morgan fingerprint density at radius 3 is 3.12 bits per heavy atom. The van der Waals surface area contributed by atoms with Crippen LogP contribution in [0.25, 0.3) is 10.9 Å². The summed E-state index contributed by atoms with van der Waals surface area (Å²) >= 11 is 0. The number of aromatic nitrogens is 2. The standard InChI is InChI=1S/C12H13N3O2/c13-12-10-2-1-8(5-11(10)14-7-15-12)17-9-3-4-16-6-9/h1-2,5,7,9H,3-4,6H2,(H2,13,14,15). The van der Waals surface area contributed by atoms with E-state index in [0.717, 1.165) is 29.7 Å². The molecule has 1 aliphatic rings. The number of anilines is 1. The monoisotopic (exact) mass is 231 g/mol. The molecule has 1 aromatic carbocycles. The third-order valence-corrected chi connectivity index (χ3v) is 2.83. The summed E-state index contributed by atoms with van der Waals surface area (Å²) in [6.45, 7) is 1.43. The predicted molar refractivity (Wildman–Crippen MR) is 63.8 cm³/mol. The highest BCUT2D eigenvalue weighted by Crippen LogP contribution is 2.23. The highest BCUT2D eigenvalue weighted by Gasteiger charge is 2.17. The van der Waals surface area contributed by atoms with E-state index in [1.54, 1.807) is 0 Å². The van der Waals surface area contributed by atoms with Crippen LogP contribution in [0.4, 0.5) is 5.82 Å². The van der Waals surface area contributed by atoms with Crippen molar-refractivity contribution < 1.29 is 9.47 Å². The first-order chi connectivity index (χ1) is 8.33. The third-order valence-electron chi connectivity index (χ3n) is 2.83. The molecule has 1 aromatic heterocycles. The number of nitrogen functional groups attached to an aromatic ring is 1. The number of rotatable bonds is 2. The SMILES string of the molecule is Nc1ncnc2cc(OC3CCOC3)ccc12. The van der Waals surface area contributed by atoms with E-state index >= 15 is 0 Å². The van der Waals surface area contributed by atoms with Gasteiger partial charge in [-0.05, 0) is 12.1 Å². The van der Waals surface area contributed by atoms with Gasteiger partial charge in [0.15, 0.2) is 0 Å². The number of nitrogens with two attached hydrogens (primary N) is 1. The van der Waals surface area contributed by atoms with Crippen LogP contribution in [0.15, 0.2) is 24.5 Å². The lowest BCUT2D eigenvalue weighted by Gasteiger charge is -2.12. The largest absolute Gasteiger partial charge is 0.488 e. The third kappa shape index (κ3) is 2.01. The van der Waals surface area contributed by atoms with Gasteiger partial charge in [0.25, 0.3) is 0 Å². The molecule has 5 nitrogen and oxygen atoms in total. The van der Waals surface area contributed by atoms with Gasteiger partial charge in [-0.3, -0.25) is 0 Å². The number of fused-ring (bicyclic) bond motifs is 1. The molecule has 88 valence electrons. The molecular weight excluding hydrogens is 218 g/mol. The van der Waals surface area contributed by atoms with Crippen molar-refractivity contribution in [3.8, 4) is 5.75 Å². The van der Waals surface area contributed by atoms with E-state index in [9.17, 15) is 0 Å². The molecule has 0 aliphatic carbocycles. The minimum atomic E-state index is 0.145. The van der Waals surface area contributed by atoms with Crippen LogP contribution in [0.2, 0.25) is 0 Å². The zero-order valence-electron chi connectivity index (χ0n) is 9.30. The Bertz CT molecular complexity index is 538. The highest BCUT2D eigenvalue weighted by molar-refractivity contribution is 5.88.